The zero-order chi connectivity index (χ0) is 17.4. The lowest BCUT2D eigenvalue weighted by Crippen LogP contribution is -2.39. The maximum Gasteiger partial charge on any atom is 0.246 e. The molecular formula is C20H18ClN3O. The van der Waals surface area contributed by atoms with E-state index in [-0.39, 0.29) is 11.9 Å². The molecule has 2 heterocycles. The standard InChI is InChI=1S/C20H18ClN3O/c1-24-9-8-13-6-7-15(21)10-17(13)19(24)20(25)23-18-12-22-11-14-4-2-3-5-16(14)18/h2-7,10-12,19H,8-9H2,1H3,(H,23,25)/t19-/m1/s1. The van der Waals surface area contributed by atoms with Gasteiger partial charge in [-0.2, -0.15) is 0 Å². The van der Waals surface area contributed by atoms with Gasteiger partial charge in [0.05, 0.1) is 11.9 Å². The zero-order valence-corrected chi connectivity index (χ0v) is 14.6. The van der Waals surface area contributed by atoms with Crippen molar-refractivity contribution in [2.45, 2.75) is 12.5 Å². The van der Waals surface area contributed by atoms with Crippen molar-refractivity contribution in [3.05, 3.63) is 71.0 Å². The summed E-state index contributed by atoms with van der Waals surface area (Å²) < 4.78 is 0. The third-order valence-corrected chi connectivity index (χ3v) is 4.99. The van der Waals surface area contributed by atoms with Crippen molar-refractivity contribution in [3.63, 3.8) is 0 Å². The second-order valence-corrected chi connectivity index (χ2v) is 6.81. The van der Waals surface area contributed by atoms with E-state index >= 15 is 0 Å². The minimum absolute atomic E-state index is 0.0659. The first-order valence-electron chi connectivity index (χ1n) is 8.25. The van der Waals surface area contributed by atoms with E-state index in [0.29, 0.717) is 5.02 Å². The molecule has 1 amide bonds. The number of hydrogen-bond acceptors (Lipinski definition) is 3. The van der Waals surface area contributed by atoms with Gasteiger partial charge in [-0.25, -0.2) is 0 Å². The predicted octanol–water partition coefficient (Wildman–Crippen LogP) is 4.06. The van der Waals surface area contributed by atoms with E-state index in [1.54, 1.807) is 12.4 Å². The Kier molecular flexibility index (Phi) is 4.15. The van der Waals surface area contributed by atoms with E-state index in [0.717, 1.165) is 35.0 Å². The lowest BCUT2D eigenvalue weighted by atomic mass is 9.92. The first-order valence-corrected chi connectivity index (χ1v) is 8.63. The molecule has 0 fully saturated rings. The van der Waals surface area contributed by atoms with Crippen LogP contribution in [0.5, 0.6) is 0 Å². The van der Waals surface area contributed by atoms with Crippen LogP contribution in [0.2, 0.25) is 5.02 Å². The number of rotatable bonds is 2. The Balaban J connectivity index is 1.70. The number of likely N-dealkylation sites (N-methyl/N-ethyl adjacent to an activating group) is 1. The van der Waals surface area contributed by atoms with Crippen molar-refractivity contribution in [2.75, 3.05) is 18.9 Å². The molecule has 4 rings (SSSR count). The number of hydrogen-bond donors (Lipinski definition) is 1. The number of amides is 1. The fraction of sp³-hybridized carbons (Fsp3) is 0.200. The molecule has 0 aliphatic carbocycles. The first kappa shape index (κ1) is 16.1. The molecule has 4 nitrogen and oxygen atoms in total. The second kappa shape index (κ2) is 6.47. The number of nitrogens with zero attached hydrogens (tertiary/aromatic N) is 2. The molecule has 1 aromatic heterocycles. The summed E-state index contributed by atoms with van der Waals surface area (Å²) in [7, 11) is 1.97. The second-order valence-electron chi connectivity index (χ2n) is 6.37. The maximum absolute atomic E-state index is 13.1. The van der Waals surface area contributed by atoms with E-state index in [1.165, 1.54) is 5.56 Å². The highest BCUT2D eigenvalue weighted by Crippen LogP contribution is 2.32. The molecule has 25 heavy (non-hydrogen) atoms. The van der Waals surface area contributed by atoms with Crippen LogP contribution in [0.3, 0.4) is 0 Å². The van der Waals surface area contributed by atoms with Crippen LogP contribution < -0.4 is 5.32 Å². The van der Waals surface area contributed by atoms with Crippen LogP contribution in [0, 0.1) is 0 Å². The molecule has 1 N–H and O–H groups in total. The van der Waals surface area contributed by atoms with Crippen LogP contribution in [0.4, 0.5) is 5.69 Å². The molecule has 3 aromatic rings. The van der Waals surface area contributed by atoms with Gasteiger partial charge in [-0.15, -0.1) is 0 Å². The summed E-state index contributed by atoms with van der Waals surface area (Å²) in [6, 6.07) is 13.3. The van der Waals surface area contributed by atoms with Gasteiger partial charge in [0, 0.05) is 28.5 Å². The molecule has 1 atom stereocenters. The summed E-state index contributed by atoms with van der Waals surface area (Å²) in [5.74, 6) is -0.0659. The Bertz CT molecular complexity index is 951. The number of pyridine rings is 1. The predicted molar refractivity (Wildman–Crippen MR) is 101 cm³/mol. The Labute approximate surface area is 151 Å². The summed E-state index contributed by atoms with van der Waals surface area (Å²) in [5.41, 5.74) is 2.89. The van der Waals surface area contributed by atoms with Crippen molar-refractivity contribution in [1.29, 1.82) is 0 Å². The fourth-order valence-electron chi connectivity index (χ4n) is 3.47. The molecule has 0 spiro atoms. The van der Waals surface area contributed by atoms with Gasteiger partial charge in [-0.3, -0.25) is 14.7 Å². The lowest BCUT2D eigenvalue weighted by Gasteiger charge is -2.33. The smallest absolute Gasteiger partial charge is 0.246 e. The molecule has 2 aromatic carbocycles. The third-order valence-electron chi connectivity index (χ3n) is 4.75. The number of carbonyl (C=O) groups is 1. The van der Waals surface area contributed by atoms with Crippen molar-refractivity contribution in [2.24, 2.45) is 0 Å². The van der Waals surface area contributed by atoms with Gasteiger partial charge >= 0.3 is 0 Å². The normalized spacial score (nSPS) is 17.3. The highest BCUT2D eigenvalue weighted by Gasteiger charge is 2.31. The van der Waals surface area contributed by atoms with Crippen molar-refractivity contribution >= 4 is 34.0 Å². The Morgan fingerprint density at radius 1 is 1.24 bits per heavy atom. The van der Waals surface area contributed by atoms with Gasteiger partial charge in [0.15, 0.2) is 0 Å². The monoisotopic (exact) mass is 351 g/mol. The van der Waals surface area contributed by atoms with Gasteiger partial charge in [-0.1, -0.05) is 41.9 Å². The Morgan fingerprint density at radius 3 is 2.96 bits per heavy atom. The van der Waals surface area contributed by atoms with E-state index in [9.17, 15) is 4.79 Å². The van der Waals surface area contributed by atoms with E-state index in [1.807, 2.05) is 49.5 Å². The molecular weight excluding hydrogens is 334 g/mol. The van der Waals surface area contributed by atoms with Crippen LogP contribution in [0.25, 0.3) is 10.8 Å². The number of nitrogens with one attached hydrogen (secondary N) is 1. The highest BCUT2D eigenvalue weighted by atomic mass is 35.5. The van der Waals surface area contributed by atoms with Crippen molar-refractivity contribution in [3.8, 4) is 0 Å². The number of halogens is 1. The number of aromatic nitrogens is 1. The molecule has 1 aliphatic rings. The van der Waals surface area contributed by atoms with E-state index in [2.05, 4.69) is 15.2 Å². The number of carbonyl (C=O) groups excluding carboxylic acids is 1. The minimum Gasteiger partial charge on any atom is -0.323 e. The highest BCUT2D eigenvalue weighted by molar-refractivity contribution is 6.30. The van der Waals surface area contributed by atoms with Crippen LogP contribution in [0.1, 0.15) is 17.2 Å². The molecule has 0 unspecified atom stereocenters. The molecule has 0 saturated heterocycles. The zero-order valence-electron chi connectivity index (χ0n) is 13.9. The average Bonchev–Trinajstić information content (AvgIpc) is 2.61. The largest absolute Gasteiger partial charge is 0.323 e. The van der Waals surface area contributed by atoms with Gasteiger partial charge < -0.3 is 5.32 Å². The van der Waals surface area contributed by atoms with Crippen LogP contribution in [0.15, 0.2) is 54.9 Å². The van der Waals surface area contributed by atoms with Crippen LogP contribution >= 0.6 is 11.6 Å². The molecule has 126 valence electrons. The van der Waals surface area contributed by atoms with Crippen LogP contribution in [-0.4, -0.2) is 29.4 Å². The minimum atomic E-state index is -0.360. The fourth-order valence-corrected chi connectivity index (χ4v) is 3.65. The van der Waals surface area contributed by atoms with Gasteiger partial charge in [0.2, 0.25) is 5.91 Å². The Hall–Kier alpha value is -2.43. The Morgan fingerprint density at radius 2 is 2.08 bits per heavy atom. The van der Waals surface area contributed by atoms with Gasteiger partial charge in [-0.05, 0) is 36.7 Å². The van der Waals surface area contributed by atoms with Crippen LogP contribution in [-0.2, 0) is 11.2 Å². The number of anilines is 1. The summed E-state index contributed by atoms with van der Waals surface area (Å²) in [5, 5.41) is 5.69. The number of fused-ring (bicyclic) bond motifs is 2. The maximum atomic E-state index is 13.1. The topological polar surface area (TPSA) is 45.2 Å². The SMILES string of the molecule is CN1CCc2ccc(Cl)cc2[C@@H]1C(=O)Nc1cncc2ccccc12. The summed E-state index contributed by atoms with van der Waals surface area (Å²) in [6.45, 7) is 0.834. The molecule has 0 saturated carbocycles. The average molecular weight is 352 g/mol. The third kappa shape index (κ3) is 2.99. The molecule has 0 bridgehead atoms. The van der Waals surface area contributed by atoms with E-state index in [4.69, 9.17) is 11.6 Å². The summed E-state index contributed by atoms with van der Waals surface area (Å²) in [4.78, 5) is 19.4. The first-order chi connectivity index (χ1) is 12.1. The van der Waals surface area contributed by atoms with Gasteiger partial charge in [0.25, 0.3) is 0 Å². The molecule has 1 aliphatic heterocycles. The number of benzene rings is 2. The summed E-state index contributed by atoms with van der Waals surface area (Å²) >= 11 is 6.17. The molecule has 0 radical (unpaired) electrons. The molecule has 5 heteroatoms. The van der Waals surface area contributed by atoms with Gasteiger partial charge in [0.1, 0.15) is 6.04 Å². The van der Waals surface area contributed by atoms with Crippen molar-refractivity contribution < 1.29 is 4.79 Å². The van der Waals surface area contributed by atoms with Crippen molar-refractivity contribution in [1.82, 2.24) is 9.88 Å². The summed E-state index contributed by atoms with van der Waals surface area (Å²) in [6.07, 6.45) is 4.41. The van der Waals surface area contributed by atoms with E-state index < -0.39 is 0 Å². The quantitative estimate of drug-likeness (QED) is 0.757. The lowest BCUT2D eigenvalue weighted by molar-refractivity contribution is -0.121.